The lowest BCUT2D eigenvalue weighted by atomic mass is 10.2. The fraction of sp³-hybridized carbons (Fsp3) is 0.200. The van der Waals surface area contributed by atoms with Gasteiger partial charge in [0.15, 0.2) is 0 Å². The van der Waals surface area contributed by atoms with E-state index in [1.807, 2.05) is 12.1 Å². The van der Waals surface area contributed by atoms with Crippen LogP contribution in [-0.4, -0.2) is 34.9 Å². The van der Waals surface area contributed by atoms with E-state index in [-0.39, 0.29) is 17.6 Å². The summed E-state index contributed by atoms with van der Waals surface area (Å²) < 4.78 is 10.7. The van der Waals surface area contributed by atoms with Crippen LogP contribution in [0.25, 0.3) is 11.5 Å². The Kier molecular flexibility index (Phi) is 6.85. The summed E-state index contributed by atoms with van der Waals surface area (Å²) in [4.78, 5) is 23.7. The van der Waals surface area contributed by atoms with Crippen molar-refractivity contribution in [1.29, 1.82) is 0 Å². The van der Waals surface area contributed by atoms with Crippen LogP contribution in [0.3, 0.4) is 0 Å². The van der Waals surface area contributed by atoms with E-state index in [9.17, 15) is 9.59 Å². The van der Waals surface area contributed by atoms with Crippen LogP contribution in [0.1, 0.15) is 13.3 Å². The van der Waals surface area contributed by atoms with Crippen molar-refractivity contribution in [2.45, 2.75) is 18.6 Å². The van der Waals surface area contributed by atoms with Crippen LogP contribution in [0.4, 0.5) is 11.4 Å². The summed E-state index contributed by atoms with van der Waals surface area (Å²) in [5, 5.41) is 13.8. The second-order valence-corrected chi connectivity index (χ2v) is 6.85. The lowest BCUT2D eigenvalue weighted by molar-refractivity contribution is -0.116. The molecule has 2 N–H and O–H groups in total. The molecule has 150 valence electrons. The van der Waals surface area contributed by atoms with Gasteiger partial charge >= 0.3 is 0 Å². The fourth-order valence-corrected chi connectivity index (χ4v) is 2.93. The van der Waals surface area contributed by atoms with Gasteiger partial charge < -0.3 is 19.8 Å². The molecule has 1 aromatic heterocycles. The molecule has 8 nitrogen and oxygen atoms in total. The zero-order valence-electron chi connectivity index (χ0n) is 16.0. The molecule has 2 aromatic carbocycles. The van der Waals surface area contributed by atoms with Crippen LogP contribution >= 0.6 is 11.8 Å². The maximum absolute atomic E-state index is 12.2. The van der Waals surface area contributed by atoms with Gasteiger partial charge in [0.25, 0.3) is 5.22 Å². The number of carbonyl (C=O) groups is 2. The Morgan fingerprint density at radius 1 is 1.03 bits per heavy atom. The van der Waals surface area contributed by atoms with Crippen molar-refractivity contribution in [2.75, 3.05) is 23.5 Å². The number of aromatic nitrogens is 2. The smallest absolute Gasteiger partial charge is 0.277 e. The molecule has 9 heteroatoms. The first-order valence-electron chi connectivity index (χ1n) is 8.88. The summed E-state index contributed by atoms with van der Waals surface area (Å²) in [6, 6.07) is 14.2. The first-order chi connectivity index (χ1) is 14.1. The van der Waals surface area contributed by atoms with Crippen molar-refractivity contribution in [2.24, 2.45) is 0 Å². The summed E-state index contributed by atoms with van der Waals surface area (Å²) in [7, 11) is 1.60. The number of amides is 2. The van der Waals surface area contributed by atoms with Gasteiger partial charge in [-0.05, 0) is 42.5 Å². The number of carbonyl (C=O) groups excluding carboxylic acids is 2. The minimum absolute atomic E-state index is 0.0897. The zero-order valence-corrected chi connectivity index (χ0v) is 16.8. The molecular formula is C20H20N4O4S. The Labute approximate surface area is 172 Å². The molecule has 3 aromatic rings. The lowest BCUT2D eigenvalue weighted by Gasteiger charge is -2.07. The Morgan fingerprint density at radius 2 is 1.72 bits per heavy atom. The second kappa shape index (κ2) is 9.74. The number of nitrogens with zero attached hydrogens (tertiary/aromatic N) is 2. The monoisotopic (exact) mass is 412 g/mol. The van der Waals surface area contributed by atoms with Gasteiger partial charge in [-0.3, -0.25) is 9.59 Å². The van der Waals surface area contributed by atoms with Crippen molar-refractivity contribution in [1.82, 2.24) is 10.2 Å². The molecule has 0 fully saturated rings. The van der Waals surface area contributed by atoms with E-state index in [1.165, 1.54) is 0 Å². The third-order valence-corrected chi connectivity index (χ3v) is 4.64. The Hall–Kier alpha value is -3.33. The summed E-state index contributed by atoms with van der Waals surface area (Å²) in [6.07, 6.45) is 0.385. The number of anilines is 2. The highest BCUT2D eigenvalue weighted by atomic mass is 32.2. The Morgan fingerprint density at radius 3 is 2.38 bits per heavy atom. The molecule has 0 radical (unpaired) electrons. The normalized spacial score (nSPS) is 10.4. The van der Waals surface area contributed by atoms with Gasteiger partial charge in [-0.1, -0.05) is 24.8 Å². The van der Waals surface area contributed by atoms with Gasteiger partial charge in [0, 0.05) is 23.4 Å². The zero-order chi connectivity index (χ0) is 20.6. The van der Waals surface area contributed by atoms with Gasteiger partial charge in [-0.2, -0.15) is 0 Å². The number of nitrogens with one attached hydrogen (secondary N) is 2. The first-order valence-corrected chi connectivity index (χ1v) is 9.86. The first kappa shape index (κ1) is 20.4. The van der Waals surface area contributed by atoms with Gasteiger partial charge in [-0.15, -0.1) is 10.2 Å². The Bertz CT molecular complexity index is 988. The number of benzene rings is 2. The van der Waals surface area contributed by atoms with E-state index in [2.05, 4.69) is 20.8 Å². The van der Waals surface area contributed by atoms with Crippen molar-refractivity contribution in [3.8, 4) is 17.2 Å². The maximum atomic E-state index is 12.2. The van der Waals surface area contributed by atoms with Gasteiger partial charge in [0.1, 0.15) is 5.75 Å². The predicted octanol–water partition coefficient (Wildman–Crippen LogP) is 3.82. The van der Waals surface area contributed by atoms with E-state index in [0.29, 0.717) is 28.9 Å². The molecule has 0 spiro atoms. The Balaban J connectivity index is 1.54. The van der Waals surface area contributed by atoms with E-state index >= 15 is 0 Å². The number of ether oxygens (including phenoxy) is 1. The highest BCUT2D eigenvalue weighted by molar-refractivity contribution is 7.99. The molecule has 0 unspecified atom stereocenters. The molecule has 0 aliphatic carbocycles. The maximum Gasteiger partial charge on any atom is 0.277 e. The van der Waals surface area contributed by atoms with E-state index in [1.54, 1.807) is 50.4 Å². The highest BCUT2D eigenvalue weighted by Gasteiger charge is 2.12. The topological polar surface area (TPSA) is 106 Å². The molecule has 0 bridgehead atoms. The summed E-state index contributed by atoms with van der Waals surface area (Å²) >= 11 is 1.14. The van der Waals surface area contributed by atoms with Crippen LogP contribution in [0.5, 0.6) is 5.75 Å². The van der Waals surface area contributed by atoms with Gasteiger partial charge in [0.05, 0.1) is 12.9 Å². The molecule has 1 heterocycles. The van der Waals surface area contributed by atoms with Crippen LogP contribution in [0, 0.1) is 0 Å². The van der Waals surface area contributed by atoms with Crippen LogP contribution in [-0.2, 0) is 9.59 Å². The number of hydrogen-bond donors (Lipinski definition) is 2. The molecule has 29 heavy (non-hydrogen) atoms. The fourth-order valence-electron chi connectivity index (χ4n) is 2.37. The number of hydrogen-bond acceptors (Lipinski definition) is 7. The van der Waals surface area contributed by atoms with Crippen LogP contribution in [0.15, 0.2) is 58.2 Å². The molecule has 0 atom stereocenters. The third kappa shape index (κ3) is 5.82. The molecule has 0 aliphatic heterocycles. The largest absolute Gasteiger partial charge is 0.497 e. The van der Waals surface area contributed by atoms with Crippen LogP contribution < -0.4 is 15.4 Å². The SMILES string of the molecule is CCC(=O)Nc1cccc(NC(=O)CSc2nnc(-c3ccc(OC)cc3)o2)c1. The number of thioether (sulfide) groups is 1. The lowest BCUT2D eigenvalue weighted by Crippen LogP contribution is -2.14. The summed E-state index contributed by atoms with van der Waals surface area (Å²) in [6.45, 7) is 1.77. The minimum atomic E-state index is -0.224. The molecular weight excluding hydrogens is 392 g/mol. The third-order valence-electron chi connectivity index (χ3n) is 3.82. The standard InChI is InChI=1S/C20H20N4O4S/c1-3-17(25)21-14-5-4-6-15(11-14)22-18(26)12-29-20-24-23-19(28-20)13-7-9-16(27-2)10-8-13/h4-11H,3,12H2,1-2H3,(H,21,25)(H,22,26). The molecule has 0 aliphatic rings. The number of rotatable bonds is 8. The average Bonchev–Trinajstić information content (AvgIpc) is 3.21. The van der Waals surface area contributed by atoms with Crippen molar-refractivity contribution < 1.29 is 18.7 Å². The van der Waals surface area contributed by atoms with Crippen LogP contribution in [0.2, 0.25) is 0 Å². The molecule has 3 rings (SSSR count). The molecule has 2 amide bonds. The van der Waals surface area contributed by atoms with Crippen molar-refractivity contribution in [3.05, 3.63) is 48.5 Å². The van der Waals surface area contributed by atoms with Gasteiger partial charge in [0.2, 0.25) is 17.7 Å². The van der Waals surface area contributed by atoms with Gasteiger partial charge in [-0.25, -0.2) is 0 Å². The summed E-state index contributed by atoms with van der Waals surface area (Å²) in [5.41, 5.74) is 1.98. The quantitative estimate of drug-likeness (QED) is 0.542. The molecule has 0 saturated carbocycles. The highest BCUT2D eigenvalue weighted by Crippen LogP contribution is 2.25. The average molecular weight is 412 g/mol. The minimum Gasteiger partial charge on any atom is -0.497 e. The van der Waals surface area contributed by atoms with E-state index in [0.717, 1.165) is 23.1 Å². The molecule has 0 saturated heterocycles. The number of methoxy groups -OCH3 is 1. The van der Waals surface area contributed by atoms with E-state index in [4.69, 9.17) is 9.15 Å². The van der Waals surface area contributed by atoms with Crippen molar-refractivity contribution >= 4 is 35.0 Å². The summed E-state index contributed by atoms with van der Waals surface area (Å²) in [5.74, 6) is 0.898. The van der Waals surface area contributed by atoms with E-state index < -0.39 is 0 Å². The van der Waals surface area contributed by atoms with Crippen molar-refractivity contribution in [3.63, 3.8) is 0 Å². The second-order valence-electron chi connectivity index (χ2n) is 5.92. The predicted molar refractivity (Wildman–Crippen MR) is 111 cm³/mol.